The number of hydrogen-bond acceptors (Lipinski definition) is 5. The van der Waals surface area contributed by atoms with Crippen LogP contribution in [0.1, 0.15) is 36.2 Å². The Morgan fingerprint density at radius 3 is 2.42 bits per heavy atom. The monoisotopic (exact) mass is 279 g/mol. The van der Waals surface area contributed by atoms with Gasteiger partial charge in [-0.15, -0.1) is 11.3 Å². The first-order chi connectivity index (χ1) is 8.99. The second-order valence-corrected chi connectivity index (χ2v) is 6.25. The maximum Gasteiger partial charge on any atom is 0.161 e. The maximum absolute atomic E-state index is 5.54. The number of hydrogen-bond donors (Lipinski definition) is 1. The van der Waals surface area contributed by atoms with Gasteiger partial charge in [-0.3, -0.25) is 0 Å². The fourth-order valence-corrected chi connectivity index (χ4v) is 3.29. The first-order valence-corrected chi connectivity index (χ1v) is 7.29. The summed E-state index contributed by atoms with van der Waals surface area (Å²) in [7, 11) is 3.61. The number of anilines is 1. The van der Waals surface area contributed by atoms with E-state index in [1.165, 1.54) is 10.4 Å². The lowest BCUT2D eigenvalue weighted by atomic mass is 10.1. The van der Waals surface area contributed by atoms with Gasteiger partial charge in [0, 0.05) is 19.0 Å². The molecule has 104 valence electrons. The van der Waals surface area contributed by atoms with Crippen molar-refractivity contribution in [2.24, 2.45) is 5.92 Å². The van der Waals surface area contributed by atoms with E-state index in [9.17, 15) is 0 Å². The van der Waals surface area contributed by atoms with Gasteiger partial charge < -0.3 is 10.1 Å². The standard InChI is InChI=1S/C14H21N3OS/c1-7(2)11(18-6)13-16-12(15-5)10-8(3)9(4)19-14(10)17-13/h7,11H,1-6H3,(H,15,16,17). The predicted molar refractivity (Wildman–Crippen MR) is 81.0 cm³/mol. The summed E-state index contributed by atoms with van der Waals surface area (Å²) < 4.78 is 5.54. The third kappa shape index (κ3) is 2.44. The summed E-state index contributed by atoms with van der Waals surface area (Å²) in [4.78, 5) is 11.7. The predicted octanol–water partition coefficient (Wildman–Crippen LogP) is 3.69. The van der Waals surface area contributed by atoms with Crippen LogP contribution >= 0.6 is 11.3 Å². The lowest BCUT2D eigenvalue weighted by Crippen LogP contribution is -2.13. The van der Waals surface area contributed by atoms with E-state index in [0.717, 1.165) is 21.9 Å². The second-order valence-electron chi connectivity index (χ2n) is 5.04. The van der Waals surface area contributed by atoms with Crippen LogP contribution in [0.15, 0.2) is 0 Å². The molecule has 0 fully saturated rings. The largest absolute Gasteiger partial charge is 0.373 e. The van der Waals surface area contributed by atoms with Crippen LogP contribution in [0.3, 0.4) is 0 Å². The number of thiophene rings is 1. The highest BCUT2D eigenvalue weighted by molar-refractivity contribution is 7.18. The van der Waals surface area contributed by atoms with Gasteiger partial charge in [0.1, 0.15) is 16.8 Å². The Bertz CT molecular complexity index is 592. The quantitative estimate of drug-likeness (QED) is 0.927. The average molecular weight is 279 g/mol. The van der Waals surface area contributed by atoms with E-state index in [4.69, 9.17) is 9.72 Å². The third-order valence-electron chi connectivity index (χ3n) is 3.40. The highest BCUT2D eigenvalue weighted by atomic mass is 32.1. The first-order valence-electron chi connectivity index (χ1n) is 6.47. The van der Waals surface area contributed by atoms with E-state index in [2.05, 4.69) is 38.0 Å². The molecule has 1 N–H and O–H groups in total. The Kier molecular flexibility index (Phi) is 4.06. The third-order valence-corrected chi connectivity index (χ3v) is 4.50. The van der Waals surface area contributed by atoms with Crippen molar-refractivity contribution in [1.82, 2.24) is 9.97 Å². The molecule has 0 aliphatic carbocycles. The number of rotatable bonds is 4. The number of ether oxygens (including phenoxy) is 1. The minimum Gasteiger partial charge on any atom is -0.373 e. The topological polar surface area (TPSA) is 47.0 Å². The number of methoxy groups -OCH3 is 1. The summed E-state index contributed by atoms with van der Waals surface area (Å²) in [6.45, 7) is 8.47. The van der Waals surface area contributed by atoms with Gasteiger partial charge in [-0.05, 0) is 25.3 Å². The summed E-state index contributed by atoms with van der Waals surface area (Å²) in [5.74, 6) is 1.99. The van der Waals surface area contributed by atoms with Crippen molar-refractivity contribution in [2.45, 2.75) is 33.8 Å². The zero-order valence-electron chi connectivity index (χ0n) is 12.4. The molecule has 2 rings (SSSR count). The van der Waals surface area contributed by atoms with Crippen LogP contribution in [0.5, 0.6) is 0 Å². The van der Waals surface area contributed by atoms with Crippen molar-refractivity contribution in [3.05, 3.63) is 16.3 Å². The maximum atomic E-state index is 5.54. The molecule has 0 radical (unpaired) electrons. The van der Waals surface area contributed by atoms with Crippen molar-refractivity contribution < 1.29 is 4.74 Å². The second kappa shape index (κ2) is 5.43. The van der Waals surface area contributed by atoms with Crippen molar-refractivity contribution in [1.29, 1.82) is 0 Å². The van der Waals surface area contributed by atoms with E-state index in [1.54, 1.807) is 18.4 Å². The van der Waals surface area contributed by atoms with Gasteiger partial charge in [0.2, 0.25) is 0 Å². The molecule has 19 heavy (non-hydrogen) atoms. The molecule has 2 heterocycles. The van der Waals surface area contributed by atoms with Gasteiger partial charge in [-0.25, -0.2) is 9.97 Å². The highest BCUT2D eigenvalue weighted by Gasteiger charge is 2.21. The zero-order valence-corrected chi connectivity index (χ0v) is 13.2. The minimum absolute atomic E-state index is 0.0702. The molecule has 1 atom stereocenters. The summed E-state index contributed by atoms with van der Waals surface area (Å²) >= 11 is 1.72. The zero-order chi connectivity index (χ0) is 14.2. The van der Waals surface area contributed by atoms with Gasteiger partial charge in [-0.2, -0.15) is 0 Å². The average Bonchev–Trinajstić information content (AvgIpc) is 2.64. The summed E-state index contributed by atoms with van der Waals surface area (Å²) in [6, 6.07) is 0. The fourth-order valence-electron chi connectivity index (χ4n) is 2.25. The molecule has 0 saturated heterocycles. The number of aryl methyl sites for hydroxylation is 2. The molecular formula is C14H21N3OS. The first kappa shape index (κ1) is 14.2. The molecule has 0 aliphatic heterocycles. The smallest absolute Gasteiger partial charge is 0.161 e. The van der Waals surface area contributed by atoms with Crippen LogP contribution in [0.25, 0.3) is 10.2 Å². The Balaban J connectivity index is 2.66. The van der Waals surface area contributed by atoms with Gasteiger partial charge >= 0.3 is 0 Å². The lowest BCUT2D eigenvalue weighted by molar-refractivity contribution is 0.0579. The molecular weight excluding hydrogens is 258 g/mol. The van der Waals surface area contributed by atoms with Gasteiger partial charge in [0.25, 0.3) is 0 Å². The number of aromatic nitrogens is 2. The Morgan fingerprint density at radius 2 is 1.89 bits per heavy atom. The van der Waals surface area contributed by atoms with Crippen molar-refractivity contribution in [2.75, 3.05) is 19.5 Å². The van der Waals surface area contributed by atoms with E-state index >= 15 is 0 Å². The van der Waals surface area contributed by atoms with Crippen LogP contribution in [0.2, 0.25) is 0 Å². The van der Waals surface area contributed by atoms with Crippen molar-refractivity contribution in [3.63, 3.8) is 0 Å². The molecule has 4 nitrogen and oxygen atoms in total. The van der Waals surface area contributed by atoms with Gasteiger partial charge in [-0.1, -0.05) is 13.8 Å². The van der Waals surface area contributed by atoms with Crippen LogP contribution < -0.4 is 5.32 Å². The molecule has 2 aromatic rings. The van der Waals surface area contributed by atoms with Crippen LogP contribution in [-0.2, 0) is 4.74 Å². The Hall–Kier alpha value is -1.20. The minimum atomic E-state index is -0.0702. The Labute approximate surface area is 118 Å². The number of nitrogens with one attached hydrogen (secondary N) is 1. The van der Waals surface area contributed by atoms with Gasteiger partial charge in [0.15, 0.2) is 5.82 Å². The molecule has 0 saturated carbocycles. The number of fused-ring (bicyclic) bond motifs is 1. The van der Waals surface area contributed by atoms with Gasteiger partial charge in [0.05, 0.1) is 5.39 Å². The van der Waals surface area contributed by atoms with Crippen molar-refractivity contribution >= 4 is 27.4 Å². The molecule has 0 spiro atoms. The highest BCUT2D eigenvalue weighted by Crippen LogP contribution is 2.35. The molecule has 0 bridgehead atoms. The van der Waals surface area contributed by atoms with E-state index < -0.39 is 0 Å². The summed E-state index contributed by atoms with van der Waals surface area (Å²) in [6.07, 6.45) is -0.0702. The van der Waals surface area contributed by atoms with E-state index in [0.29, 0.717) is 5.92 Å². The van der Waals surface area contributed by atoms with Crippen molar-refractivity contribution in [3.8, 4) is 0 Å². The van der Waals surface area contributed by atoms with Crippen LogP contribution in [0.4, 0.5) is 5.82 Å². The van der Waals surface area contributed by atoms with Crippen LogP contribution in [-0.4, -0.2) is 24.1 Å². The van der Waals surface area contributed by atoms with E-state index in [-0.39, 0.29) is 6.10 Å². The molecule has 1 unspecified atom stereocenters. The lowest BCUT2D eigenvalue weighted by Gasteiger charge is -2.18. The normalized spacial score (nSPS) is 13.2. The van der Waals surface area contributed by atoms with Crippen LogP contribution in [0, 0.1) is 19.8 Å². The molecule has 0 aromatic carbocycles. The number of nitrogens with zero attached hydrogens (tertiary/aromatic N) is 2. The molecule has 5 heteroatoms. The molecule has 0 amide bonds. The molecule has 2 aromatic heterocycles. The van der Waals surface area contributed by atoms with E-state index in [1.807, 2.05) is 7.05 Å². The fraction of sp³-hybridized carbons (Fsp3) is 0.571. The molecule has 0 aliphatic rings. The summed E-state index contributed by atoms with van der Waals surface area (Å²) in [5.41, 5.74) is 1.26. The SMILES string of the molecule is CNc1nc(C(OC)C(C)C)nc2sc(C)c(C)c12. The Morgan fingerprint density at radius 1 is 1.21 bits per heavy atom. The summed E-state index contributed by atoms with van der Waals surface area (Å²) in [5, 5.41) is 4.31.